The van der Waals surface area contributed by atoms with Gasteiger partial charge in [-0.1, -0.05) is 35.9 Å². The van der Waals surface area contributed by atoms with E-state index in [-0.39, 0.29) is 5.91 Å². The van der Waals surface area contributed by atoms with Gasteiger partial charge in [0.05, 0.1) is 24.2 Å². The van der Waals surface area contributed by atoms with Crippen molar-refractivity contribution in [2.24, 2.45) is 0 Å². The number of amides is 3. The maximum Gasteiger partial charge on any atom is 0.323 e. The summed E-state index contributed by atoms with van der Waals surface area (Å²) in [4.78, 5) is 27.5. The van der Waals surface area contributed by atoms with Crippen LogP contribution in [-0.2, 0) is 0 Å². The average molecular weight is 443 g/mol. The molecule has 4 rings (SSSR count). The molecule has 0 saturated carbocycles. The SMILES string of the molecule is COc1ccccc1NC(=O)Nc1cc(NC(=O)c2ccc(C)cc2)ccc1N1C=CCC1. The van der Waals surface area contributed by atoms with Gasteiger partial charge in [-0.2, -0.15) is 0 Å². The molecule has 0 aliphatic carbocycles. The number of hydrogen-bond acceptors (Lipinski definition) is 4. The molecular formula is C26H26N4O3. The van der Waals surface area contributed by atoms with Crippen molar-refractivity contribution in [3.05, 3.63) is 90.1 Å². The number of aryl methyl sites for hydroxylation is 1. The van der Waals surface area contributed by atoms with E-state index in [0.29, 0.717) is 28.4 Å². The minimum Gasteiger partial charge on any atom is -0.495 e. The second kappa shape index (κ2) is 9.91. The molecule has 3 N–H and O–H groups in total. The summed E-state index contributed by atoms with van der Waals surface area (Å²) in [6.45, 7) is 2.79. The first-order chi connectivity index (χ1) is 16.0. The van der Waals surface area contributed by atoms with Gasteiger partial charge in [-0.05, 0) is 55.8 Å². The molecular weight excluding hydrogens is 416 g/mol. The van der Waals surface area contributed by atoms with Crippen LogP contribution < -0.4 is 25.6 Å². The predicted molar refractivity (Wildman–Crippen MR) is 132 cm³/mol. The Bertz CT molecular complexity index is 1190. The topological polar surface area (TPSA) is 82.7 Å². The number of ether oxygens (including phenoxy) is 1. The Morgan fingerprint density at radius 1 is 0.909 bits per heavy atom. The number of urea groups is 1. The molecule has 7 heteroatoms. The van der Waals surface area contributed by atoms with E-state index >= 15 is 0 Å². The van der Waals surface area contributed by atoms with Gasteiger partial charge in [0, 0.05) is 24.0 Å². The maximum absolute atomic E-state index is 12.8. The normalized spacial score (nSPS) is 12.4. The second-order valence-corrected chi connectivity index (χ2v) is 7.70. The summed E-state index contributed by atoms with van der Waals surface area (Å²) in [5.74, 6) is 0.350. The lowest BCUT2D eigenvalue weighted by Crippen LogP contribution is -2.22. The zero-order valence-corrected chi connectivity index (χ0v) is 18.6. The molecule has 0 unspecified atom stereocenters. The number of methoxy groups -OCH3 is 1. The fraction of sp³-hybridized carbons (Fsp3) is 0.154. The van der Waals surface area contributed by atoms with E-state index < -0.39 is 6.03 Å². The standard InChI is InChI=1S/C26H26N4O3/c1-18-9-11-19(12-10-18)25(31)27-20-13-14-23(30-15-5-6-16-30)22(17-20)29-26(32)28-21-7-3-4-8-24(21)33-2/h3-5,7-15,17H,6,16H2,1-2H3,(H,27,31)(H2,28,29,32). The lowest BCUT2D eigenvalue weighted by molar-refractivity contribution is 0.102. The van der Waals surface area contributed by atoms with E-state index in [4.69, 9.17) is 4.74 Å². The van der Waals surface area contributed by atoms with Crippen LogP contribution in [0.2, 0.25) is 0 Å². The van der Waals surface area contributed by atoms with E-state index in [0.717, 1.165) is 24.2 Å². The molecule has 0 fully saturated rings. The van der Waals surface area contributed by atoms with Crippen LogP contribution in [0.3, 0.4) is 0 Å². The summed E-state index contributed by atoms with van der Waals surface area (Å²) in [5.41, 5.74) is 4.21. The number of para-hydroxylation sites is 2. The molecule has 7 nitrogen and oxygen atoms in total. The Kier molecular flexibility index (Phi) is 6.59. The van der Waals surface area contributed by atoms with E-state index in [9.17, 15) is 9.59 Å². The molecule has 0 bridgehead atoms. The van der Waals surface area contributed by atoms with Crippen molar-refractivity contribution in [1.29, 1.82) is 0 Å². The van der Waals surface area contributed by atoms with Gasteiger partial charge in [-0.3, -0.25) is 4.79 Å². The molecule has 3 aromatic rings. The number of anilines is 4. The summed E-state index contributed by atoms with van der Waals surface area (Å²) in [7, 11) is 1.55. The van der Waals surface area contributed by atoms with Crippen molar-refractivity contribution in [1.82, 2.24) is 0 Å². The van der Waals surface area contributed by atoms with Crippen molar-refractivity contribution >= 4 is 34.7 Å². The highest BCUT2D eigenvalue weighted by Gasteiger charge is 2.16. The largest absolute Gasteiger partial charge is 0.495 e. The van der Waals surface area contributed by atoms with Crippen LogP contribution in [0, 0.1) is 6.92 Å². The molecule has 1 aliphatic rings. The van der Waals surface area contributed by atoms with Crippen LogP contribution in [0.4, 0.5) is 27.5 Å². The predicted octanol–water partition coefficient (Wildman–Crippen LogP) is 5.62. The molecule has 0 saturated heterocycles. The van der Waals surface area contributed by atoms with E-state index in [1.165, 1.54) is 0 Å². The number of benzene rings is 3. The smallest absolute Gasteiger partial charge is 0.323 e. The lowest BCUT2D eigenvalue weighted by Gasteiger charge is -2.21. The summed E-state index contributed by atoms with van der Waals surface area (Å²) in [6.07, 6.45) is 4.99. The highest BCUT2D eigenvalue weighted by Crippen LogP contribution is 2.32. The molecule has 3 amide bonds. The molecule has 1 aliphatic heterocycles. The van der Waals surface area contributed by atoms with Gasteiger partial charge in [-0.25, -0.2) is 4.79 Å². The number of nitrogens with zero attached hydrogens (tertiary/aromatic N) is 1. The van der Waals surface area contributed by atoms with Gasteiger partial charge in [-0.15, -0.1) is 0 Å². The molecule has 0 atom stereocenters. The van der Waals surface area contributed by atoms with Crippen molar-refractivity contribution in [3.8, 4) is 5.75 Å². The molecule has 0 spiro atoms. The first-order valence-corrected chi connectivity index (χ1v) is 10.7. The first-order valence-electron chi connectivity index (χ1n) is 10.7. The number of nitrogens with one attached hydrogen (secondary N) is 3. The zero-order valence-electron chi connectivity index (χ0n) is 18.6. The van der Waals surface area contributed by atoms with Gasteiger partial charge in [0.15, 0.2) is 0 Å². The molecule has 168 valence electrons. The summed E-state index contributed by atoms with van der Waals surface area (Å²) in [6, 6.07) is 19.6. The monoisotopic (exact) mass is 442 g/mol. The summed E-state index contributed by atoms with van der Waals surface area (Å²) >= 11 is 0. The van der Waals surface area contributed by atoms with Gasteiger partial charge in [0.1, 0.15) is 5.75 Å². The highest BCUT2D eigenvalue weighted by atomic mass is 16.5. The molecule has 0 radical (unpaired) electrons. The van der Waals surface area contributed by atoms with Crippen LogP contribution in [-0.4, -0.2) is 25.6 Å². The van der Waals surface area contributed by atoms with Crippen LogP contribution in [0.1, 0.15) is 22.3 Å². The van der Waals surface area contributed by atoms with E-state index in [1.54, 1.807) is 37.4 Å². The van der Waals surface area contributed by atoms with Gasteiger partial charge in [0.25, 0.3) is 5.91 Å². The number of carbonyl (C=O) groups is 2. The fourth-order valence-corrected chi connectivity index (χ4v) is 3.59. The fourth-order valence-electron chi connectivity index (χ4n) is 3.59. The molecule has 0 aromatic heterocycles. The minimum atomic E-state index is -0.411. The summed E-state index contributed by atoms with van der Waals surface area (Å²) in [5, 5.41) is 8.65. The highest BCUT2D eigenvalue weighted by molar-refractivity contribution is 6.06. The van der Waals surface area contributed by atoms with Gasteiger partial charge in [0.2, 0.25) is 0 Å². The molecule has 3 aromatic carbocycles. The van der Waals surface area contributed by atoms with Crippen molar-refractivity contribution in [3.63, 3.8) is 0 Å². The van der Waals surface area contributed by atoms with Crippen LogP contribution in [0.15, 0.2) is 79.0 Å². The summed E-state index contributed by atoms with van der Waals surface area (Å²) < 4.78 is 5.31. The third kappa shape index (κ3) is 5.33. The van der Waals surface area contributed by atoms with Crippen molar-refractivity contribution in [2.75, 3.05) is 34.5 Å². The Balaban J connectivity index is 1.56. The minimum absolute atomic E-state index is 0.215. The Morgan fingerprint density at radius 3 is 2.39 bits per heavy atom. The van der Waals surface area contributed by atoms with E-state index in [2.05, 4.69) is 26.9 Å². The average Bonchev–Trinajstić information content (AvgIpc) is 3.34. The van der Waals surface area contributed by atoms with Crippen LogP contribution in [0.5, 0.6) is 5.75 Å². The second-order valence-electron chi connectivity index (χ2n) is 7.70. The number of rotatable bonds is 6. The number of carbonyl (C=O) groups excluding carboxylic acids is 2. The van der Waals surface area contributed by atoms with E-state index in [1.807, 2.05) is 49.5 Å². The van der Waals surface area contributed by atoms with Gasteiger partial charge >= 0.3 is 6.03 Å². The van der Waals surface area contributed by atoms with Crippen molar-refractivity contribution in [2.45, 2.75) is 13.3 Å². The van der Waals surface area contributed by atoms with Crippen molar-refractivity contribution < 1.29 is 14.3 Å². The van der Waals surface area contributed by atoms with Crippen LogP contribution >= 0.6 is 0 Å². The van der Waals surface area contributed by atoms with Crippen LogP contribution in [0.25, 0.3) is 0 Å². The lowest BCUT2D eigenvalue weighted by atomic mass is 10.1. The van der Waals surface area contributed by atoms with Gasteiger partial charge < -0.3 is 25.6 Å². The zero-order chi connectivity index (χ0) is 23.2. The first kappa shape index (κ1) is 22.0. The Hall–Kier alpha value is -4.26. The maximum atomic E-state index is 12.8. The Labute approximate surface area is 193 Å². The Morgan fingerprint density at radius 2 is 1.67 bits per heavy atom. The molecule has 33 heavy (non-hydrogen) atoms. The number of hydrogen-bond donors (Lipinski definition) is 3. The third-order valence-electron chi connectivity index (χ3n) is 5.30. The molecule has 1 heterocycles. The third-order valence-corrected chi connectivity index (χ3v) is 5.30. The quantitative estimate of drug-likeness (QED) is 0.462.